The number of carbonyl (C=O) groups excluding carboxylic acids is 2. The van der Waals surface area contributed by atoms with Crippen LogP contribution in [0.15, 0.2) is 16.8 Å². The Morgan fingerprint density at radius 2 is 2.32 bits per heavy atom. The standard InChI is InChI=1S/C20H29N3O3S.ClH/c1-2-3-8-22(11-14-5-10-27-12-14)18(24)16-15-4-6-20(26-15)13-23(9-7-21)19(25)17(16)20;/h5,10,12,15-17H,2-4,6-9,11,13,21H2,1H3;1H/t15-,16-,17+,20-;/m0./s1. The molecule has 2 bridgehead atoms. The van der Waals surface area contributed by atoms with Crippen LogP contribution in [0.5, 0.6) is 0 Å². The highest BCUT2D eigenvalue weighted by atomic mass is 35.5. The van der Waals surface area contributed by atoms with Crippen LogP contribution in [0.1, 0.15) is 38.2 Å². The second-order valence-electron chi connectivity index (χ2n) is 8.06. The lowest BCUT2D eigenvalue weighted by molar-refractivity contribution is -0.144. The van der Waals surface area contributed by atoms with Crippen LogP contribution < -0.4 is 5.73 Å². The molecule has 3 saturated heterocycles. The molecule has 2 N–H and O–H groups in total. The van der Waals surface area contributed by atoms with Crippen molar-refractivity contribution in [1.82, 2.24) is 9.80 Å². The van der Waals surface area contributed by atoms with Crippen LogP contribution in [-0.4, -0.2) is 59.5 Å². The molecule has 0 aromatic carbocycles. The van der Waals surface area contributed by atoms with Crippen LogP contribution in [0, 0.1) is 11.8 Å². The fraction of sp³-hybridized carbons (Fsp3) is 0.700. The third kappa shape index (κ3) is 3.58. The minimum Gasteiger partial charge on any atom is -0.368 e. The Kier molecular flexibility index (Phi) is 6.69. The van der Waals surface area contributed by atoms with Crippen LogP contribution in [0.4, 0.5) is 0 Å². The van der Waals surface area contributed by atoms with E-state index in [0.29, 0.717) is 26.2 Å². The molecular formula is C20H30ClN3O3S. The number of unbranched alkanes of at least 4 members (excludes halogenated alkanes) is 1. The first-order valence-corrected chi connectivity index (χ1v) is 11.0. The Morgan fingerprint density at radius 3 is 3.00 bits per heavy atom. The van der Waals surface area contributed by atoms with Crippen LogP contribution in [0.25, 0.3) is 0 Å². The number of hydrogen-bond acceptors (Lipinski definition) is 5. The minimum absolute atomic E-state index is 0. The van der Waals surface area contributed by atoms with Gasteiger partial charge in [-0.1, -0.05) is 13.3 Å². The van der Waals surface area contributed by atoms with E-state index in [0.717, 1.165) is 37.8 Å². The number of carbonyl (C=O) groups is 2. The number of halogens is 1. The van der Waals surface area contributed by atoms with Crippen molar-refractivity contribution in [2.45, 2.75) is 50.9 Å². The van der Waals surface area contributed by atoms with Gasteiger partial charge in [-0.3, -0.25) is 9.59 Å². The smallest absolute Gasteiger partial charge is 0.229 e. The molecule has 3 fully saturated rings. The topological polar surface area (TPSA) is 75.9 Å². The van der Waals surface area contributed by atoms with Crippen molar-refractivity contribution in [3.63, 3.8) is 0 Å². The molecule has 0 aliphatic carbocycles. The molecule has 0 unspecified atom stereocenters. The number of nitrogens with zero attached hydrogens (tertiary/aromatic N) is 2. The normalized spacial score (nSPS) is 30.4. The highest BCUT2D eigenvalue weighted by molar-refractivity contribution is 7.07. The summed E-state index contributed by atoms with van der Waals surface area (Å²) in [6, 6.07) is 2.07. The Labute approximate surface area is 176 Å². The minimum atomic E-state index is -0.462. The molecule has 0 radical (unpaired) electrons. The van der Waals surface area contributed by atoms with Gasteiger partial charge in [-0.05, 0) is 41.7 Å². The largest absolute Gasteiger partial charge is 0.368 e. The molecule has 6 nitrogen and oxygen atoms in total. The molecule has 4 heterocycles. The average Bonchev–Trinajstić information content (AvgIpc) is 3.41. The number of fused-ring (bicyclic) bond motifs is 1. The number of ether oxygens (including phenoxy) is 1. The summed E-state index contributed by atoms with van der Waals surface area (Å²) in [7, 11) is 0. The van der Waals surface area contributed by atoms with E-state index < -0.39 is 5.60 Å². The molecule has 4 atom stereocenters. The first kappa shape index (κ1) is 21.6. The van der Waals surface area contributed by atoms with E-state index in [1.165, 1.54) is 0 Å². The predicted octanol–water partition coefficient (Wildman–Crippen LogP) is 2.26. The molecule has 0 saturated carbocycles. The SMILES string of the molecule is CCCCN(Cc1ccsc1)C(=O)[C@H]1[C@@H]2CC[C@@]3(CN(CCN)C(=O)[C@@H]13)O2.Cl. The molecule has 1 aromatic heterocycles. The summed E-state index contributed by atoms with van der Waals surface area (Å²) in [4.78, 5) is 30.4. The van der Waals surface area contributed by atoms with E-state index >= 15 is 0 Å². The second kappa shape index (κ2) is 8.69. The first-order valence-electron chi connectivity index (χ1n) is 10.1. The van der Waals surface area contributed by atoms with Crippen molar-refractivity contribution < 1.29 is 14.3 Å². The van der Waals surface area contributed by atoms with E-state index in [2.05, 4.69) is 18.4 Å². The zero-order valence-electron chi connectivity index (χ0n) is 16.3. The van der Waals surface area contributed by atoms with Gasteiger partial charge in [-0.15, -0.1) is 12.4 Å². The van der Waals surface area contributed by atoms with Crippen molar-refractivity contribution in [2.24, 2.45) is 17.6 Å². The Bertz CT molecular complexity index is 701. The Hall–Kier alpha value is -1.15. The number of hydrogen-bond donors (Lipinski definition) is 1. The quantitative estimate of drug-likeness (QED) is 0.690. The van der Waals surface area contributed by atoms with Gasteiger partial charge in [0.05, 0.1) is 30.1 Å². The summed E-state index contributed by atoms with van der Waals surface area (Å²) < 4.78 is 6.31. The third-order valence-electron chi connectivity index (χ3n) is 6.33. The molecule has 3 aliphatic heterocycles. The molecule has 4 rings (SSSR count). The summed E-state index contributed by atoms with van der Waals surface area (Å²) in [5.74, 6) is -0.521. The summed E-state index contributed by atoms with van der Waals surface area (Å²) >= 11 is 1.65. The average molecular weight is 428 g/mol. The maximum Gasteiger partial charge on any atom is 0.229 e. The van der Waals surface area contributed by atoms with Gasteiger partial charge in [0.2, 0.25) is 11.8 Å². The summed E-state index contributed by atoms with van der Waals surface area (Å²) in [5.41, 5.74) is 6.38. The summed E-state index contributed by atoms with van der Waals surface area (Å²) in [6.07, 6.45) is 3.64. The van der Waals surface area contributed by atoms with Gasteiger partial charge in [-0.2, -0.15) is 11.3 Å². The van der Waals surface area contributed by atoms with Gasteiger partial charge < -0.3 is 20.3 Å². The summed E-state index contributed by atoms with van der Waals surface area (Å²) in [6.45, 7) is 5.06. The van der Waals surface area contributed by atoms with Gasteiger partial charge in [-0.25, -0.2) is 0 Å². The van der Waals surface area contributed by atoms with Crippen molar-refractivity contribution in [2.75, 3.05) is 26.2 Å². The molecule has 1 spiro atoms. The molecule has 156 valence electrons. The van der Waals surface area contributed by atoms with E-state index in [1.807, 2.05) is 15.2 Å². The maximum atomic E-state index is 13.6. The molecule has 1 aromatic rings. The van der Waals surface area contributed by atoms with Crippen molar-refractivity contribution in [1.29, 1.82) is 0 Å². The van der Waals surface area contributed by atoms with Crippen LogP contribution in [0.2, 0.25) is 0 Å². The highest BCUT2D eigenvalue weighted by Gasteiger charge is 2.69. The lowest BCUT2D eigenvalue weighted by atomic mass is 9.72. The zero-order valence-corrected chi connectivity index (χ0v) is 18.0. The van der Waals surface area contributed by atoms with E-state index in [9.17, 15) is 9.59 Å². The third-order valence-corrected chi connectivity index (χ3v) is 7.06. The molecule has 3 aliphatic rings. The lowest BCUT2D eigenvalue weighted by Crippen LogP contribution is -2.47. The van der Waals surface area contributed by atoms with Crippen molar-refractivity contribution in [3.05, 3.63) is 22.4 Å². The monoisotopic (exact) mass is 427 g/mol. The lowest BCUT2D eigenvalue weighted by Gasteiger charge is -2.32. The van der Waals surface area contributed by atoms with E-state index in [1.54, 1.807) is 11.3 Å². The first-order chi connectivity index (χ1) is 13.1. The molecule has 28 heavy (non-hydrogen) atoms. The molecular weight excluding hydrogens is 398 g/mol. The fourth-order valence-electron chi connectivity index (χ4n) is 5.10. The van der Waals surface area contributed by atoms with E-state index in [-0.39, 0.29) is 42.2 Å². The fourth-order valence-corrected chi connectivity index (χ4v) is 5.76. The van der Waals surface area contributed by atoms with Gasteiger partial charge in [0.1, 0.15) is 0 Å². The van der Waals surface area contributed by atoms with Gasteiger partial charge in [0.25, 0.3) is 0 Å². The number of likely N-dealkylation sites (tertiary alicyclic amines) is 1. The zero-order chi connectivity index (χ0) is 19.0. The van der Waals surface area contributed by atoms with Crippen LogP contribution >= 0.6 is 23.7 Å². The van der Waals surface area contributed by atoms with Crippen LogP contribution in [0.3, 0.4) is 0 Å². The Morgan fingerprint density at radius 1 is 1.50 bits per heavy atom. The molecule has 2 amide bonds. The molecule has 8 heteroatoms. The number of rotatable bonds is 8. The highest BCUT2D eigenvalue weighted by Crippen LogP contribution is 2.55. The van der Waals surface area contributed by atoms with Crippen LogP contribution in [-0.2, 0) is 20.9 Å². The summed E-state index contributed by atoms with van der Waals surface area (Å²) in [5, 5.41) is 4.13. The predicted molar refractivity (Wildman–Crippen MR) is 111 cm³/mol. The van der Waals surface area contributed by atoms with Gasteiger partial charge >= 0.3 is 0 Å². The Balaban J connectivity index is 0.00000225. The number of nitrogens with two attached hydrogens (primary N) is 1. The maximum absolute atomic E-state index is 13.6. The van der Waals surface area contributed by atoms with Gasteiger partial charge in [0, 0.05) is 26.2 Å². The van der Waals surface area contributed by atoms with E-state index in [4.69, 9.17) is 10.5 Å². The number of amides is 2. The van der Waals surface area contributed by atoms with Crippen molar-refractivity contribution >= 4 is 35.6 Å². The van der Waals surface area contributed by atoms with Gasteiger partial charge in [0.15, 0.2) is 0 Å². The second-order valence-corrected chi connectivity index (χ2v) is 8.84. The number of thiophene rings is 1. The van der Waals surface area contributed by atoms with Crippen molar-refractivity contribution in [3.8, 4) is 0 Å².